The van der Waals surface area contributed by atoms with Crippen molar-refractivity contribution >= 4 is 23.2 Å². The molecule has 1 saturated carbocycles. The summed E-state index contributed by atoms with van der Waals surface area (Å²) in [7, 11) is 0. The van der Waals surface area contributed by atoms with Gasteiger partial charge in [0.2, 0.25) is 5.91 Å². The summed E-state index contributed by atoms with van der Waals surface area (Å²) >= 11 is 5.99. The van der Waals surface area contributed by atoms with E-state index in [0.717, 1.165) is 32.1 Å². The number of nitrogens with one attached hydrogen (secondary N) is 2. The van der Waals surface area contributed by atoms with E-state index in [1.807, 2.05) is 12.1 Å². The Balaban J connectivity index is 1.81. The summed E-state index contributed by atoms with van der Waals surface area (Å²) in [6.07, 6.45) is 4.68. The Morgan fingerprint density at radius 3 is 2.80 bits per heavy atom. The Kier molecular flexibility index (Phi) is 5.83. The SMILES string of the molecule is O=C(CNC1CCCCCC1O)Nc1ccccc1Cl. The molecule has 0 heterocycles. The molecule has 1 fully saturated rings. The van der Waals surface area contributed by atoms with E-state index in [0.29, 0.717) is 10.7 Å². The molecule has 20 heavy (non-hydrogen) atoms. The van der Waals surface area contributed by atoms with Gasteiger partial charge in [0.15, 0.2) is 0 Å². The van der Waals surface area contributed by atoms with Crippen molar-refractivity contribution in [2.45, 2.75) is 44.2 Å². The number of anilines is 1. The van der Waals surface area contributed by atoms with E-state index >= 15 is 0 Å². The van der Waals surface area contributed by atoms with Crippen LogP contribution in [0.25, 0.3) is 0 Å². The third-order valence-corrected chi connectivity index (χ3v) is 3.98. The van der Waals surface area contributed by atoms with E-state index in [9.17, 15) is 9.90 Å². The van der Waals surface area contributed by atoms with Crippen LogP contribution in [0.3, 0.4) is 0 Å². The van der Waals surface area contributed by atoms with Crippen molar-refractivity contribution < 1.29 is 9.90 Å². The molecule has 1 aliphatic rings. The molecular formula is C15H21ClN2O2. The standard InChI is InChI=1S/C15H21ClN2O2/c16-11-6-4-5-7-12(11)18-15(20)10-17-13-8-2-1-3-9-14(13)19/h4-7,13-14,17,19H,1-3,8-10H2,(H,18,20). The number of hydrogen-bond acceptors (Lipinski definition) is 3. The summed E-state index contributed by atoms with van der Waals surface area (Å²) in [4.78, 5) is 11.9. The first-order valence-corrected chi connectivity index (χ1v) is 7.50. The lowest BCUT2D eigenvalue weighted by atomic mass is 10.1. The minimum atomic E-state index is -0.356. The molecule has 1 aromatic carbocycles. The topological polar surface area (TPSA) is 61.4 Å². The Morgan fingerprint density at radius 2 is 2.00 bits per heavy atom. The number of halogens is 1. The smallest absolute Gasteiger partial charge is 0.238 e. The van der Waals surface area contributed by atoms with Crippen molar-refractivity contribution in [3.8, 4) is 0 Å². The first-order valence-electron chi connectivity index (χ1n) is 7.12. The zero-order valence-corrected chi connectivity index (χ0v) is 12.2. The van der Waals surface area contributed by atoms with Gasteiger partial charge >= 0.3 is 0 Å². The monoisotopic (exact) mass is 296 g/mol. The highest BCUT2D eigenvalue weighted by atomic mass is 35.5. The molecule has 1 aromatic rings. The van der Waals surface area contributed by atoms with Gasteiger partial charge in [0.25, 0.3) is 0 Å². The van der Waals surface area contributed by atoms with Gasteiger partial charge in [-0.3, -0.25) is 4.79 Å². The Morgan fingerprint density at radius 1 is 1.25 bits per heavy atom. The number of hydrogen-bond donors (Lipinski definition) is 3. The van der Waals surface area contributed by atoms with Gasteiger partial charge in [-0.05, 0) is 25.0 Å². The van der Waals surface area contributed by atoms with E-state index in [2.05, 4.69) is 10.6 Å². The summed E-state index contributed by atoms with van der Waals surface area (Å²) in [5.74, 6) is -0.144. The number of benzene rings is 1. The summed E-state index contributed by atoms with van der Waals surface area (Å²) in [6.45, 7) is 0.187. The van der Waals surface area contributed by atoms with Gasteiger partial charge < -0.3 is 15.7 Å². The summed E-state index contributed by atoms with van der Waals surface area (Å²) in [5.41, 5.74) is 0.613. The highest BCUT2D eigenvalue weighted by molar-refractivity contribution is 6.33. The van der Waals surface area contributed by atoms with Crippen LogP contribution < -0.4 is 10.6 Å². The molecule has 3 N–H and O–H groups in total. The van der Waals surface area contributed by atoms with Crippen LogP contribution in [0.2, 0.25) is 5.02 Å². The molecular weight excluding hydrogens is 276 g/mol. The largest absolute Gasteiger partial charge is 0.392 e. The first-order chi connectivity index (χ1) is 9.66. The molecule has 0 aliphatic heterocycles. The van der Waals surface area contributed by atoms with Crippen LogP contribution in [0.5, 0.6) is 0 Å². The van der Waals surface area contributed by atoms with E-state index in [-0.39, 0.29) is 24.6 Å². The lowest BCUT2D eigenvalue weighted by molar-refractivity contribution is -0.115. The maximum Gasteiger partial charge on any atom is 0.238 e. The number of aliphatic hydroxyl groups is 1. The molecule has 0 aromatic heterocycles. The van der Waals surface area contributed by atoms with Crippen molar-refractivity contribution in [2.75, 3.05) is 11.9 Å². The Labute approximate surface area is 124 Å². The molecule has 1 amide bonds. The molecule has 0 spiro atoms. The zero-order valence-electron chi connectivity index (χ0n) is 11.4. The lowest BCUT2D eigenvalue weighted by Gasteiger charge is -2.21. The molecule has 2 atom stereocenters. The van der Waals surface area contributed by atoms with Crippen molar-refractivity contribution in [2.24, 2.45) is 0 Å². The fourth-order valence-corrected chi connectivity index (χ4v) is 2.69. The summed E-state index contributed by atoms with van der Waals surface area (Å²) in [5, 5.41) is 16.4. The first kappa shape index (κ1) is 15.3. The van der Waals surface area contributed by atoms with E-state index in [1.165, 1.54) is 0 Å². The number of amides is 1. The predicted octanol–water partition coefficient (Wildman–Crippen LogP) is 2.56. The number of carbonyl (C=O) groups is 1. The van der Waals surface area contributed by atoms with Gasteiger partial charge in [0, 0.05) is 6.04 Å². The maximum atomic E-state index is 11.9. The highest BCUT2D eigenvalue weighted by Gasteiger charge is 2.21. The van der Waals surface area contributed by atoms with Crippen LogP contribution in [0.1, 0.15) is 32.1 Å². The number of aliphatic hydroxyl groups excluding tert-OH is 1. The second-order valence-corrected chi connectivity index (χ2v) is 5.63. The fourth-order valence-electron chi connectivity index (χ4n) is 2.51. The van der Waals surface area contributed by atoms with Crippen molar-refractivity contribution in [3.63, 3.8) is 0 Å². The van der Waals surface area contributed by atoms with Gasteiger partial charge in [-0.2, -0.15) is 0 Å². The Bertz CT molecular complexity index is 453. The van der Waals surface area contributed by atoms with Crippen LogP contribution >= 0.6 is 11.6 Å². The molecule has 0 radical (unpaired) electrons. The van der Waals surface area contributed by atoms with Crippen molar-refractivity contribution in [3.05, 3.63) is 29.3 Å². The summed E-state index contributed by atoms with van der Waals surface area (Å²) < 4.78 is 0. The van der Waals surface area contributed by atoms with E-state index in [4.69, 9.17) is 11.6 Å². The third kappa shape index (κ3) is 4.47. The van der Waals surface area contributed by atoms with Gasteiger partial charge in [-0.15, -0.1) is 0 Å². The average molecular weight is 297 g/mol. The maximum absolute atomic E-state index is 11.9. The van der Waals surface area contributed by atoms with Crippen LogP contribution in [-0.4, -0.2) is 29.7 Å². The van der Waals surface area contributed by atoms with Gasteiger partial charge in [-0.25, -0.2) is 0 Å². The predicted molar refractivity (Wildman–Crippen MR) is 81.0 cm³/mol. The molecule has 0 bridgehead atoms. The molecule has 110 valence electrons. The summed E-state index contributed by atoms with van der Waals surface area (Å²) in [6, 6.07) is 7.15. The molecule has 0 saturated heterocycles. The second-order valence-electron chi connectivity index (χ2n) is 5.22. The third-order valence-electron chi connectivity index (χ3n) is 3.65. The molecule has 5 heteroatoms. The average Bonchev–Trinajstić information content (AvgIpc) is 2.64. The molecule has 1 aliphatic carbocycles. The normalized spacial score (nSPS) is 23.1. The minimum Gasteiger partial charge on any atom is -0.392 e. The van der Waals surface area contributed by atoms with E-state index < -0.39 is 0 Å². The Hall–Kier alpha value is -1.10. The van der Waals surface area contributed by atoms with Crippen LogP contribution in [-0.2, 0) is 4.79 Å². The van der Waals surface area contributed by atoms with Crippen molar-refractivity contribution in [1.82, 2.24) is 5.32 Å². The lowest BCUT2D eigenvalue weighted by Crippen LogP contribution is -2.42. The molecule has 2 unspecified atom stereocenters. The minimum absolute atomic E-state index is 0.00879. The molecule has 2 rings (SSSR count). The quantitative estimate of drug-likeness (QED) is 0.748. The zero-order chi connectivity index (χ0) is 14.4. The second kappa shape index (κ2) is 7.62. The van der Waals surface area contributed by atoms with Gasteiger partial charge in [0.05, 0.1) is 23.4 Å². The molecule has 4 nitrogen and oxygen atoms in total. The van der Waals surface area contributed by atoms with E-state index in [1.54, 1.807) is 12.1 Å². The number of rotatable bonds is 4. The van der Waals surface area contributed by atoms with Gasteiger partial charge in [-0.1, -0.05) is 43.0 Å². The van der Waals surface area contributed by atoms with Crippen molar-refractivity contribution in [1.29, 1.82) is 0 Å². The van der Waals surface area contributed by atoms with Crippen LogP contribution in [0.4, 0.5) is 5.69 Å². The van der Waals surface area contributed by atoms with Crippen LogP contribution in [0, 0.1) is 0 Å². The highest BCUT2D eigenvalue weighted by Crippen LogP contribution is 2.20. The van der Waals surface area contributed by atoms with Crippen LogP contribution in [0.15, 0.2) is 24.3 Å². The number of para-hydroxylation sites is 1. The fraction of sp³-hybridized carbons (Fsp3) is 0.533. The number of carbonyl (C=O) groups excluding carboxylic acids is 1. The van der Waals surface area contributed by atoms with Gasteiger partial charge in [0.1, 0.15) is 0 Å².